The Kier molecular flexibility index (Phi) is 11.7. The van der Waals surface area contributed by atoms with Crippen LogP contribution in [0.25, 0.3) is 0 Å². The zero-order chi connectivity index (χ0) is 29.8. The zero-order valence-corrected chi connectivity index (χ0v) is 24.9. The predicted molar refractivity (Wildman–Crippen MR) is 163 cm³/mol. The Hall–Kier alpha value is -3.57. The predicted octanol–water partition coefficient (Wildman–Crippen LogP) is 2.54. The molecule has 0 aliphatic carbocycles. The number of nitrogens with zero attached hydrogens (tertiary/aromatic N) is 3. The number of morpholine rings is 1. The van der Waals surface area contributed by atoms with E-state index in [9.17, 15) is 18.0 Å². The topological polar surface area (TPSA) is 99.3 Å². The van der Waals surface area contributed by atoms with Gasteiger partial charge in [-0.05, 0) is 16.7 Å². The van der Waals surface area contributed by atoms with Gasteiger partial charge in [-0.2, -0.15) is 4.31 Å². The van der Waals surface area contributed by atoms with Crippen molar-refractivity contribution < 1.29 is 22.7 Å². The number of amides is 2. The zero-order valence-electron chi connectivity index (χ0n) is 24.1. The quantitative estimate of drug-likeness (QED) is 0.309. The van der Waals surface area contributed by atoms with Gasteiger partial charge in [-0.25, -0.2) is 8.42 Å². The summed E-state index contributed by atoms with van der Waals surface area (Å²) in [6.45, 7) is 3.91. The van der Waals surface area contributed by atoms with Crippen LogP contribution >= 0.6 is 0 Å². The molecule has 0 saturated carbocycles. The molecule has 224 valence electrons. The summed E-state index contributed by atoms with van der Waals surface area (Å²) in [6.07, 6.45) is 1.39. The van der Waals surface area contributed by atoms with E-state index >= 15 is 0 Å². The minimum atomic E-state index is -3.73. The van der Waals surface area contributed by atoms with E-state index in [1.54, 1.807) is 0 Å². The summed E-state index contributed by atoms with van der Waals surface area (Å²) >= 11 is 0. The molecule has 0 bridgehead atoms. The van der Waals surface area contributed by atoms with E-state index in [-0.39, 0.29) is 25.5 Å². The third kappa shape index (κ3) is 9.77. The average Bonchev–Trinajstić information content (AvgIpc) is 3.00. The molecular formula is C32H40N4O5S. The van der Waals surface area contributed by atoms with Crippen LogP contribution in [-0.2, 0) is 43.9 Å². The fourth-order valence-electron chi connectivity index (χ4n) is 4.93. The van der Waals surface area contributed by atoms with Crippen LogP contribution in [0.5, 0.6) is 0 Å². The summed E-state index contributed by atoms with van der Waals surface area (Å²) < 4.78 is 32.2. The molecule has 1 fully saturated rings. The molecular weight excluding hydrogens is 552 g/mol. The lowest BCUT2D eigenvalue weighted by Gasteiger charge is -2.33. The highest BCUT2D eigenvalue weighted by molar-refractivity contribution is 7.88. The van der Waals surface area contributed by atoms with Crippen molar-refractivity contribution in [2.75, 3.05) is 52.2 Å². The molecule has 2 amide bonds. The van der Waals surface area contributed by atoms with Crippen molar-refractivity contribution in [2.24, 2.45) is 0 Å². The van der Waals surface area contributed by atoms with Crippen molar-refractivity contribution in [3.63, 3.8) is 0 Å². The second-order valence-electron chi connectivity index (χ2n) is 10.5. The van der Waals surface area contributed by atoms with Crippen LogP contribution in [0.2, 0.25) is 0 Å². The van der Waals surface area contributed by atoms with E-state index in [2.05, 4.69) is 10.2 Å². The SMILES string of the molecule is CS(=O)(=O)N(CC(=O)N(Cc1ccccc1)C(Cc1ccccc1)C(=O)NCCN1CCOCC1)Cc1ccccc1. The van der Waals surface area contributed by atoms with Crippen LogP contribution < -0.4 is 5.32 Å². The molecule has 0 radical (unpaired) electrons. The van der Waals surface area contributed by atoms with Gasteiger partial charge in [0.05, 0.1) is 26.0 Å². The highest BCUT2D eigenvalue weighted by Crippen LogP contribution is 2.17. The molecule has 1 aliphatic rings. The van der Waals surface area contributed by atoms with Gasteiger partial charge in [0.1, 0.15) is 6.04 Å². The molecule has 3 aromatic carbocycles. The Morgan fingerprint density at radius 1 is 0.833 bits per heavy atom. The van der Waals surface area contributed by atoms with Gasteiger partial charge in [0.25, 0.3) is 0 Å². The minimum Gasteiger partial charge on any atom is -0.379 e. The van der Waals surface area contributed by atoms with Gasteiger partial charge in [-0.15, -0.1) is 0 Å². The van der Waals surface area contributed by atoms with Gasteiger partial charge in [0, 0.05) is 45.7 Å². The lowest BCUT2D eigenvalue weighted by molar-refractivity contribution is -0.141. The van der Waals surface area contributed by atoms with Gasteiger partial charge in [0.2, 0.25) is 21.8 Å². The maximum Gasteiger partial charge on any atom is 0.243 e. The fraction of sp³-hybridized carbons (Fsp3) is 0.375. The van der Waals surface area contributed by atoms with Crippen LogP contribution in [0.1, 0.15) is 16.7 Å². The van der Waals surface area contributed by atoms with Crippen LogP contribution in [-0.4, -0.2) is 92.6 Å². The van der Waals surface area contributed by atoms with E-state index in [0.29, 0.717) is 32.7 Å². The van der Waals surface area contributed by atoms with E-state index < -0.39 is 22.0 Å². The molecule has 1 atom stereocenters. The summed E-state index contributed by atoms with van der Waals surface area (Å²) in [5, 5.41) is 3.05. The van der Waals surface area contributed by atoms with Crippen LogP contribution in [0, 0.1) is 0 Å². The number of nitrogens with one attached hydrogen (secondary N) is 1. The first kappa shape index (κ1) is 31.4. The number of hydrogen-bond donors (Lipinski definition) is 1. The third-order valence-corrected chi connectivity index (χ3v) is 8.48. The van der Waals surface area contributed by atoms with Gasteiger partial charge >= 0.3 is 0 Å². The third-order valence-electron chi connectivity index (χ3n) is 7.28. The van der Waals surface area contributed by atoms with E-state index in [1.165, 1.54) is 9.21 Å². The van der Waals surface area contributed by atoms with Crippen molar-refractivity contribution in [2.45, 2.75) is 25.6 Å². The first-order valence-corrected chi connectivity index (χ1v) is 16.1. The maximum atomic E-state index is 14.1. The summed E-state index contributed by atoms with van der Waals surface area (Å²) in [4.78, 5) is 31.6. The summed E-state index contributed by atoms with van der Waals surface area (Å²) in [7, 11) is -3.73. The van der Waals surface area contributed by atoms with Gasteiger partial charge < -0.3 is 15.0 Å². The molecule has 1 unspecified atom stereocenters. The molecule has 10 heteroatoms. The van der Waals surface area contributed by atoms with Crippen molar-refractivity contribution in [3.05, 3.63) is 108 Å². The number of ether oxygens (including phenoxy) is 1. The highest BCUT2D eigenvalue weighted by Gasteiger charge is 2.33. The summed E-state index contributed by atoms with van der Waals surface area (Å²) in [5.74, 6) is -0.713. The van der Waals surface area contributed by atoms with E-state index in [4.69, 9.17) is 4.74 Å². The average molecular weight is 593 g/mol. The fourth-order valence-corrected chi connectivity index (χ4v) is 5.66. The summed E-state index contributed by atoms with van der Waals surface area (Å²) in [5.41, 5.74) is 2.52. The van der Waals surface area contributed by atoms with Gasteiger partial charge in [-0.1, -0.05) is 91.0 Å². The largest absolute Gasteiger partial charge is 0.379 e. The first-order valence-electron chi connectivity index (χ1n) is 14.2. The molecule has 1 heterocycles. The number of sulfonamides is 1. The second-order valence-corrected chi connectivity index (χ2v) is 12.5. The lowest BCUT2D eigenvalue weighted by Crippen LogP contribution is -2.54. The van der Waals surface area contributed by atoms with Crippen LogP contribution in [0.4, 0.5) is 0 Å². The van der Waals surface area contributed by atoms with Crippen molar-refractivity contribution >= 4 is 21.8 Å². The molecule has 1 N–H and O–H groups in total. The second kappa shape index (κ2) is 15.6. The Balaban J connectivity index is 1.60. The van der Waals surface area contributed by atoms with Gasteiger partial charge in [-0.3, -0.25) is 14.5 Å². The monoisotopic (exact) mass is 592 g/mol. The lowest BCUT2D eigenvalue weighted by atomic mass is 10.0. The van der Waals surface area contributed by atoms with Crippen LogP contribution in [0.15, 0.2) is 91.0 Å². The maximum absolute atomic E-state index is 14.1. The van der Waals surface area contributed by atoms with Gasteiger partial charge in [0.15, 0.2) is 0 Å². The van der Waals surface area contributed by atoms with Crippen molar-refractivity contribution in [1.29, 1.82) is 0 Å². The Bertz CT molecular complexity index is 1370. The molecule has 9 nitrogen and oxygen atoms in total. The molecule has 1 saturated heterocycles. The minimum absolute atomic E-state index is 0.0552. The summed E-state index contributed by atoms with van der Waals surface area (Å²) in [6, 6.07) is 27.3. The number of carbonyl (C=O) groups is 2. The smallest absolute Gasteiger partial charge is 0.243 e. The van der Waals surface area contributed by atoms with Crippen LogP contribution in [0.3, 0.4) is 0 Å². The highest BCUT2D eigenvalue weighted by atomic mass is 32.2. The number of benzene rings is 3. The molecule has 3 aromatic rings. The number of rotatable bonds is 14. The molecule has 1 aliphatic heterocycles. The Morgan fingerprint density at radius 2 is 1.36 bits per heavy atom. The van der Waals surface area contributed by atoms with Crippen molar-refractivity contribution in [1.82, 2.24) is 19.4 Å². The number of carbonyl (C=O) groups excluding carboxylic acids is 2. The van der Waals surface area contributed by atoms with E-state index in [0.717, 1.165) is 36.0 Å². The molecule has 0 spiro atoms. The first-order chi connectivity index (χ1) is 20.3. The molecule has 4 rings (SSSR count). The molecule has 42 heavy (non-hydrogen) atoms. The molecule has 0 aromatic heterocycles. The van der Waals surface area contributed by atoms with Crippen molar-refractivity contribution in [3.8, 4) is 0 Å². The Morgan fingerprint density at radius 3 is 1.90 bits per heavy atom. The standard InChI is InChI=1S/C32H40N4O5S/c1-42(39,40)35(24-28-13-7-3-8-14-28)26-31(37)36(25-29-15-9-4-10-16-29)30(23-27-11-5-2-6-12-27)32(38)33-17-18-34-19-21-41-22-20-34/h2-16,30H,17-26H2,1H3,(H,33,38). The Labute approximate surface area is 249 Å². The van der Waals surface area contributed by atoms with E-state index in [1.807, 2.05) is 91.0 Å². The normalized spacial score (nSPS) is 14.8. The number of hydrogen-bond acceptors (Lipinski definition) is 6.